The number of likely N-dealkylation sites (tertiary alicyclic amines) is 1. The zero-order valence-corrected chi connectivity index (χ0v) is 11.4. The molecule has 1 atom stereocenters. The van der Waals surface area contributed by atoms with Gasteiger partial charge in [-0.05, 0) is 25.9 Å². The van der Waals surface area contributed by atoms with Crippen LogP contribution in [0.15, 0.2) is 11.1 Å². The molecule has 0 aromatic carbocycles. The van der Waals surface area contributed by atoms with E-state index >= 15 is 0 Å². The van der Waals surface area contributed by atoms with Crippen molar-refractivity contribution in [3.8, 4) is 0 Å². The molecule has 7 nitrogen and oxygen atoms in total. The highest BCUT2D eigenvalue weighted by Crippen LogP contribution is 2.17. The van der Waals surface area contributed by atoms with Crippen LogP contribution in [0.4, 0.5) is 5.82 Å². The zero-order valence-electron chi connectivity index (χ0n) is 10.6. The second-order valence-electron chi connectivity index (χ2n) is 4.82. The molecule has 1 saturated heterocycles. The zero-order chi connectivity index (χ0) is 13.3. The lowest BCUT2D eigenvalue weighted by Gasteiger charge is -2.11. The Morgan fingerprint density at radius 3 is 2.78 bits per heavy atom. The Morgan fingerprint density at radius 2 is 2.28 bits per heavy atom. The second-order valence-corrected chi connectivity index (χ2v) is 6.56. The Labute approximate surface area is 107 Å². The first kappa shape index (κ1) is 13.3. The van der Waals surface area contributed by atoms with Crippen LogP contribution in [-0.4, -0.2) is 49.8 Å². The van der Waals surface area contributed by atoms with E-state index < -0.39 is 10.0 Å². The molecule has 18 heavy (non-hydrogen) atoms. The molecule has 1 aliphatic heterocycles. The van der Waals surface area contributed by atoms with Crippen LogP contribution in [-0.2, 0) is 17.1 Å². The average Bonchev–Trinajstić information content (AvgIpc) is 2.82. The third-order valence-corrected chi connectivity index (χ3v) is 4.60. The molecule has 0 aliphatic carbocycles. The predicted octanol–water partition coefficient (Wildman–Crippen LogP) is -0.768. The molecule has 1 aliphatic rings. The van der Waals surface area contributed by atoms with E-state index in [0.717, 1.165) is 19.5 Å². The van der Waals surface area contributed by atoms with Gasteiger partial charge in [0.2, 0.25) is 10.0 Å². The van der Waals surface area contributed by atoms with Gasteiger partial charge in [0.25, 0.3) is 0 Å². The van der Waals surface area contributed by atoms with Crippen molar-refractivity contribution in [1.29, 1.82) is 0 Å². The van der Waals surface area contributed by atoms with Crippen LogP contribution in [0.1, 0.15) is 6.42 Å². The maximum Gasteiger partial charge on any atom is 0.245 e. The number of nitrogen functional groups attached to an aromatic ring is 1. The molecular weight excluding hydrogens is 254 g/mol. The van der Waals surface area contributed by atoms with Crippen molar-refractivity contribution in [2.75, 3.05) is 32.4 Å². The number of aromatic nitrogens is 2. The molecular formula is C10H19N5O2S. The van der Waals surface area contributed by atoms with Gasteiger partial charge in [0.1, 0.15) is 4.90 Å². The SMILES string of the molecule is CN1CCC(CNS(=O)(=O)c2cn(C)nc2N)C1. The molecule has 0 radical (unpaired) electrons. The third-order valence-electron chi connectivity index (χ3n) is 3.16. The molecule has 0 spiro atoms. The predicted molar refractivity (Wildman–Crippen MR) is 68.4 cm³/mol. The summed E-state index contributed by atoms with van der Waals surface area (Å²) in [5.41, 5.74) is 5.57. The van der Waals surface area contributed by atoms with Crippen LogP contribution in [0.5, 0.6) is 0 Å². The highest BCUT2D eigenvalue weighted by Gasteiger charge is 2.24. The van der Waals surface area contributed by atoms with E-state index in [1.807, 2.05) is 7.05 Å². The van der Waals surface area contributed by atoms with Crippen molar-refractivity contribution in [3.05, 3.63) is 6.20 Å². The second kappa shape index (κ2) is 4.87. The van der Waals surface area contributed by atoms with Gasteiger partial charge in [0.05, 0.1) is 0 Å². The van der Waals surface area contributed by atoms with E-state index in [1.165, 1.54) is 10.9 Å². The molecule has 2 heterocycles. The number of nitrogens with zero attached hydrogens (tertiary/aromatic N) is 3. The molecule has 1 aromatic rings. The minimum Gasteiger partial charge on any atom is -0.381 e. The van der Waals surface area contributed by atoms with Gasteiger partial charge in [-0.15, -0.1) is 0 Å². The van der Waals surface area contributed by atoms with Gasteiger partial charge in [0, 0.05) is 26.3 Å². The van der Waals surface area contributed by atoms with Crippen molar-refractivity contribution in [1.82, 2.24) is 19.4 Å². The van der Waals surface area contributed by atoms with Crippen LogP contribution in [0, 0.1) is 5.92 Å². The Kier molecular flexibility index (Phi) is 3.60. The molecule has 3 N–H and O–H groups in total. The summed E-state index contributed by atoms with van der Waals surface area (Å²) >= 11 is 0. The first-order valence-corrected chi connectivity index (χ1v) is 7.34. The van der Waals surface area contributed by atoms with Gasteiger partial charge in [0.15, 0.2) is 5.82 Å². The number of rotatable bonds is 4. The third kappa shape index (κ3) is 2.82. The molecule has 1 aromatic heterocycles. The number of nitrogens with one attached hydrogen (secondary N) is 1. The van der Waals surface area contributed by atoms with Crippen molar-refractivity contribution in [2.45, 2.75) is 11.3 Å². The van der Waals surface area contributed by atoms with Crippen molar-refractivity contribution in [3.63, 3.8) is 0 Å². The van der Waals surface area contributed by atoms with Crippen LogP contribution in [0.2, 0.25) is 0 Å². The van der Waals surface area contributed by atoms with Crippen LogP contribution >= 0.6 is 0 Å². The summed E-state index contributed by atoms with van der Waals surface area (Å²) in [5, 5.41) is 3.84. The molecule has 8 heteroatoms. The fraction of sp³-hybridized carbons (Fsp3) is 0.700. The smallest absolute Gasteiger partial charge is 0.245 e. The number of anilines is 1. The Bertz CT molecular complexity index is 524. The molecule has 0 saturated carbocycles. The van der Waals surface area contributed by atoms with E-state index in [0.29, 0.717) is 12.5 Å². The van der Waals surface area contributed by atoms with Crippen LogP contribution in [0.25, 0.3) is 0 Å². The fourth-order valence-electron chi connectivity index (χ4n) is 2.19. The van der Waals surface area contributed by atoms with E-state index in [1.54, 1.807) is 7.05 Å². The number of hydrogen-bond acceptors (Lipinski definition) is 5. The molecule has 1 unspecified atom stereocenters. The summed E-state index contributed by atoms with van der Waals surface area (Å²) in [6.07, 6.45) is 2.43. The maximum absolute atomic E-state index is 12.0. The number of sulfonamides is 1. The summed E-state index contributed by atoms with van der Waals surface area (Å²) in [5.74, 6) is 0.399. The lowest BCUT2D eigenvalue weighted by molar-refractivity contribution is 0.394. The fourth-order valence-corrected chi connectivity index (χ4v) is 3.41. The van der Waals surface area contributed by atoms with E-state index in [4.69, 9.17) is 5.73 Å². The molecule has 1 fully saturated rings. The first-order valence-electron chi connectivity index (χ1n) is 5.86. The van der Waals surface area contributed by atoms with E-state index in [9.17, 15) is 8.42 Å². The van der Waals surface area contributed by atoms with Gasteiger partial charge in [-0.25, -0.2) is 13.1 Å². The Hall–Kier alpha value is -1.12. The first-order chi connectivity index (χ1) is 8.38. The highest BCUT2D eigenvalue weighted by molar-refractivity contribution is 7.89. The highest BCUT2D eigenvalue weighted by atomic mass is 32.2. The molecule has 102 valence electrons. The minimum absolute atomic E-state index is 0.0357. The van der Waals surface area contributed by atoms with Gasteiger partial charge < -0.3 is 10.6 Å². The van der Waals surface area contributed by atoms with Crippen LogP contribution in [0.3, 0.4) is 0 Å². The Balaban J connectivity index is 2.02. The summed E-state index contributed by atoms with van der Waals surface area (Å²) in [6.45, 7) is 2.38. The monoisotopic (exact) mass is 273 g/mol. The lowest BCUT2D eigenvalue weighted by atomic mass is 10.1. The number of nitrogens with two attached hydrogens (primary N) is 1. The molecule has 2 rings (SSSR count). The summed E-state index contributed by atoms with van der Waals surface area (Å²) in [6, 6.07) is 0. The Morgan fingerprint density at radius 1 is 1.56 bits per heavy atom. The quantitative estimate of drug-likeness (QED) is 0.751. The normalized spacial score (nSPS) is 21.6. The average molecular weight is 273 g/mol. The van der Waals surface area contributed by atoms with Gasteiger partial charge in [-0.2, -0.15) is 5.10 Å². The van der Waals surface area contributed by atoms with Gasteiger partial charge in [-0.1, -0.05) is 0 Å². The summed E-state index contributed by atoms with van der Waals surface area (Å²) < 4.78 is 28.1. The van der Waals surface area contributed by atoms with Crippen LogP contribution < -0.4 is 10.5 Å². The standard InChI is InChI=1S/C10H19N5O2S/c1-14-4-3-8(6-14)5-12-18(16,17)9-7-15(2)13-10(9)11/h7-8,12H,3-6H2,1-2H3,(H2,11,13). The van der Waals surface area contributed by atoms with Gasteiger partial charge in [-0.3, -0.25) is 4.68 Å². The van der Waals surface area contributed by atoms with Crippen molar-refractivity contribution in [2.24, 2.45) is 13.0 Å². The van der Waals surface area contributed by atoms with E-state index in [-0.39, 0.29) is 10.7 Å². The molecule has 0 bridgehead atoms. The number of hydrogen-bond donors (Lipinski definition) is 2. The summed E-state index contributed by atoms with van der Waals surface area (Å²) in [7, 11) is 0.124. The largest absolute Gasteiger partial charge is 0.381 e. The topological polar surface area (TPSA) is 93.2 Å². The lowest BCUT2D eigenvalue weighted by Crippen LogP contribution is -2.30. The van der Waals surface area contributed by atoms with Crippen molar-refractivity contribution < 1.29 is 8.42 Å². The summed E-state index contributed by atoms with van der Waals surface area (Å²) in [4.78, 5) is 2.24. The number of aryl methyl sites for hydroxylation is 1. The minimum atomic E-state index is -3.55. The maximum atomic E-state index is 12.0. The van der Waals surface area contributed by atoms with E-state index in [2.05, 4.69) is 14.7 Å². The van der Waals surface area contributed by atoms with Gasteiger partial charge >= 0.3 is 0 Å². The molecule has 0 amide bonds. The van der Waals surface area contributed by atoms with Crippen molar-refractivity contribution >= 4 is 15.8 Å².